The van der Waals surface area contributed by atoms with E-state index in [0.29, 0.717) is 21.1 Å². The summed E-state index contributed by atoms with van der Waals surface area (Å²) in [4.78, 5) is 31.1. The van der Waals surface area contributed by atoms with Crippen molar-refractivity contribution in [3.63, 3.8) is 0 Å². The second-order valence-electron chi connectivity index (χ2n) is 7.32. The van der Waals surface area contributed by atoms with Crippen molar-refractivity contribution in [1.82, 2.24) is 4.98 Å². The van der Waals surface area contributed by atoms with Gasteiger partial charge in [-0.05, 0) is 48.6 Å². The number of benzene rings is 1. The highest BCUT2D eigenvalue weighted by molar-refractivity contribution is 9.10. The molecule has 5 N–H and O–H groups in total. The zero-order valence-corrected chi connectivity index (χ0v) is 19.4. The fourth-order valence-corrected chi connectivity index (χ4v) is 6.09. The standard InChI is InChI=1S/C22H17BrN4O2S2/c23-12-6-4-10(5-7-12)14-9-30-22(16(14)19(25)28)27-20(29)18-17(24)13-8-11-2-1-3-15(11)26-21(13)31-18/h4-9H,1-3,24H2,(H2,25,28)(H,27,29). The number of nitrogens with one attached hydrogen (secondary N) is 1. The molecule has 0 fully saturated rings. The summed E-state index contributed by atoms with van der Waals surface area (Å²) in [7, 11) is 0. The molecule has 0 aliphatic heterocycles. The number of nitrogens with two attached hydrogens (primary N) is 2. The molecule has 2 amide bonds. The van der Waals surface area contributed by atoms with Crippen molar-refractivity contribution in [2.24, 2.45) is 5.73 Å². The van der Waals surface area contributed by atoms with Gasteiger partial charge in [0.1, 0.15) is 14.7 Å². The highest BCUT2D eigenvalue weighted by Gasteiger charge is 2.24. The van der Waals surface area contributed by atoms with Crippen molar-refractivity contribution in [2.75, 3.05) is 11.1 Å². The molecule has 1 aromatic carbocycles. The third-order valence-corrected chi connectivity index (χ3v) is 7.91. The largest absolute Gasteiger partial charge is 0.397 e. The summed E-state index contributed by atoms with van der Waals surface area (Å²) in [6.45, 7) is 0. The Labute approximate surface area is 194 Å². The first-order chi connectivity index (χ1) is 14.9. The fraction of sp³-hybridized carbons (Fsp3) is 0.136. The van der Waals surface area contributed by atoms with Gasteiger partial charge < -0.3 is 16.8 Å². The van der Waals surface area contributed by atoms with Gasteiger partial charge in [0.25, 0.3) is 11.8 Å². The smallest absolute Gasteiger partial charge is 0.268 e. The highest BCUT2D eigenvalue weighted by atomic mass is 79.9. The minimum absolute atomic E-state index is 0.289. The van der Waals surface area contributed by atoms with Crippen LogP contribution in [0.25, 0.3) is 21.3 Å². The molecule has 1 aliphatic carbocycles. The maximum absolute atomic E-state index is 13.1. The number of amides is 2. The number of anilines is 2. The van der Waals surface area contributed by atoms with Gasteiger partial charge in [-0.15, -0.1) is 22.7 Å². The molecule has 5 rings (SSSR count). The quantitative estimate of drug-likeness (QED) is 0.348. The van der Waals surface area contributed by atoms with Gasteiger partial charge in [0.2, 0.25) is 0 Å². The number of nitrogen functional groups attached to an aromatic ring is 1. The van der Waals surface area contributed by atoms with E-state index in [1.165, 1.54) is 28.2 Å². The van der Waals surface area contributed by atoms with E-state index >= 15 is 0 Å². The maximum atomic E-state index is 13.1. The van der Waals surface area contributed by atoms with E-state index in [2.05, 4.69) is 27.3 Å². The number of nitrogens with zero attached hydrogens (tertiary/aromatic N) is 1. The molecule has 0 radical (unpaired) electrons. The molecule has 3 aromatic heterocycles. The zero-order valence-electron chi connectivity index (χ0n) is 16.2. The molecule has 3 heterocycles. The lowest BCUT2D eigenvalue weighted by Crippen LogP contribution is -2.17. The predicted octanol–water partition coefficient (Wildman–Crippen LogP) is 5.21. The summed E-state index contributed by atoms with van der Waals surface area (Å²) in [5.74, 6) is -0.968. The zero-order chi connectivity index (χ0) is 21.7. The first kappa shape index (κ1) is 20.2. The van der Waals surface area contributed by atoms with Crippen LogP contribution >= 0.6 is 38.6 Å². The summed E-state index contributed by atoms with van der Waals surface area (Å²) in [6, 6.07) is 9.60. The number of rotatable bonds is 4. The molecular weight excluding hydrogens is 496 g/mol. The summed E-state index contributed by atoms with van der Waals surface area (Å²) in [5.41, 5.74) is 16.5. The van der Waals surface area contributed by atoms with Crippen molar-refractivity contribution < 1.29 is 9.59 Å². The van der Waals surface area contributed by atoms with Crippen molar-refractivity contribution in [3.8, 4) is 11.1 Å². The number of halogens is 1. The van der Waals surface area contributed by atoms with Crippen LogP contribution in [0.4, 0.5) is 10.7 Å². The van der Waals surface area contributed by atoms with E-state index < -0.39 is 5.91 Å². The highest BCUT2D eigenvalue weighted by Crippen LogP contribution is 2.39. The SMILES string of the molecule is NC(=O)c1c(-c2ccc(Br)cc2)csc1NC(=O)c1sc2nc3c(cc2c1N)CCC3. The van der Waals surface area contributed by atoms with Crippen LogP contribution in [0, 0.1) is 0 Å². The number of pyridine rings is 1. The van der Waals surface area contributed by atoms with Crippen LogP contribution in [0.1, 0.15) is 37.7 Å². The van der Waals surface area contributed by atoms with Gasteiger partial charge >= 0.3 is 0 Å². The van der Waals surface area contributed by atoms with Crippen molar-refractivity contribution in [3.05, 3.63) is 61.9 Å². The summed E-state index contributed by atoms with van der Waals surface area (Å²) >= 11 is 5.94. The van der Waals surface area contributed by atoms with E-state index in [0.717, 1.165) is 45.2 Å². The van der Waals surface area contributed by atoms with E-state index in [9.17, 15) is 9.59 Å². The number of aryl methyl sites for hydroxylation is 2. The van der Waals surface area contributed by atoms with E-state index in [-0.39, 0.29) is 11.5 Å². The second-order valence-corrected chi connectivity index (χ2v) is 10.1. The number of fused-ring (bicyclic) bond motifs is 2. The van der Waals surface area contributed by atoms with E-state index in [4.69, 9.17) is 16.5 Å². The van der Waals surface area contributed by atoms with Gasteiger partial charge in [0.05, 0.1) is 11.3 Å². The molecule has 0 bridgehead atoms. The molecular formula is C22H17BrN4O2S2. The topological polar surface area (TPSA) is 111 Å². The molecule has 0 saturated heterocycles. The lowest BCUT2D eigenvalue weighted by molar-refractivity contribution is 0.100. The third kappa shape index (κ3) is 3.52. The number of thiophene rings is 2. The number of hydrogen-bond donors (Lipinski definition) is 3. The number of aromatic nitrogens is 1. The van der Waals surface area contributed by atoms with Crippen molar-refractivity contribution in [2.45, 2.75) is 19.3 Å². The molecule has 0 atom stereocenters. The first-order valence-corrected chi connectivity index (χ1v) is 12.1. The Hall–Kier alpha value is -2.75. The Morgan fingerprint density at radius 3 is 2.68 bits per heavy atom. The Morgan fingerprint density at radius 2 is 1.94 bits per heavy atom. The monoisotopic (exact) mass is 512 g/mol. The van der Waals surface area contributed by atoms with Crippen LogP contribution in [-0.2, 0) is 12.8 Å². The Balaban J connectivity index is 1.50. The Morgan fingerprint density at radius 1 is 1.16 bits per heavy atom. The Kier molecular flexibility index (Phi) is 5.04. The van der Waals surface area contributed by atoms with Crippen LogP contribution in [-0.4, -0.2) is 16.8 Å². The Bertz CT molecular complexity index is 1360. The van der Waals surface area contributed by atoms with Gasteiger partial charge in [0.15, 0.2) is 0 Å². The number of primary amides is 1. The molecule has 156 valence electrons. The van der Waals surface area contributed by atoms with Crippen LogP contribution in [0.15, 0.2) is 40.2 Å². The van der Waals surface area contributed by atoms with E-state index in [1.54, 1.807) is 0 Å². The summed E-state index contributed by atoms with van der Waals surface area (Å²) < 4.78 is 0.931. The number of carbonyl (C=O) groups is 2. The normalized spacial score (nSPS) is 12.8. The minimum atomic E-state index is -0.600. The average Bonchev–Trinajstić information content (AvgIpc) is 3.44. The maximum Gasteiger partial charge on any atom is 0.268 e. The van der Waals surface area contributed by atoms with Crippen molar-refractivity contribution in [1.29, 1.82) is 0 Å². The lowest BCUT2D eigenvalue weighted by atomic mass is 10.0. The summed E-state index contributed by atoms with van der Waals surface area (Å²) in [6.07, 6.45) is 3.05. The van der Waals surface area contributed by atoms with Gasteiger partial charge in [-0.1, -0.05) is 28.1 Å². The molecule has 0 spiro atoms. The number of hydrogen-bond acceptors (Lipinski definition) is 6. The van der Waals surface area contributed by atoms with Crippen LogP contribution in [0.5, 0.6) is 0 Å². The van der Waals surface area contributed by atoms with Crippen LogP contribution in [0.2, 0.25) is 0 Å². The molecule has 31 heavy (non-hydrogen) atoms. The van der Waals surface area contributed by atoms with Crippen LogP contribution in [0.3, 0.4) is 0 Å². The molecule has 0 unspecified atom stereocenters. The molecule has 4 aromatic rings. The molecule has 9 heteroatoms. The average molecular weight is 513 g/mol. The number of carbonyl (C=O) groups excluding carboxylic acids is 2. The van der Waals surface area contributed by atoms with E-state index in [1.807, 2.05) is 29.6 Å². The summed E-state index contributed by atoms with van der Waals surface area (Å²) in [5, 5.41) is 5.88. The first-order valence-electron chi connectivity index (χ1n) is 9.61. The molecule has 1 aliphatic rings. The minimum Gasteiger partial charge on any atom is -0.397 e. The molecule has 6 nitrogen and oxygen atoms in total. The van der Waals surface area contributed by atoms with Gasteiger partial charge in [0, 0.05) is 26.5 Å². The van der Waals surface area contributed by atoms with Gasteiger partial charge in [-0.25, -0.2) is 4.98 Å². The predicted molar refractivity (Wildman–Crippen MR) is 130 cm³/mol. The van der Waals surface area contributed by atoms with Gasteiger partial charge in [-0.2, -0.15) is 0 Å². The lowest BCUT2D eigenvalue weighted by Gasteiger charge is -2.06. The van der Waals surface area contributed by atoms with Crippen LogP contribution < -0.4 is 16.8 Å². The fourth-order valence-electron chi connectivity index (χ4n) is 3.86. The van der Waals surface area contributed by atoms with Crippen molar-refractivity contribution >= 4 is 71.3 Å². The second kappa shape index (κ2) is 7.74. The molecule has 0 saturated carbocycles. The third-order valence-electron chi connectivity index (χ3n) is 5.38. The van der Waals surface area contributed by atoms with Gasteiger partial charge in [-0.3, -0.25) is 9.59 Å².